The minimum absolute atomic E-state index is 0.123. The van der Waals surface area contributed by atoms with Gasteiger partial charge in [0.05, 0.1) is 6.04 Å². The fourth-order valence-corrected chi connectivity index (χ4v) is 2.90. The van der Waals surface area contributed by atoms with Crippen LogP contribution in [0.15, 0.2) is 4.99 Å². The molecule has 2 aliphatic heterocycles. The molecule has 3 heteroatoms. The molecule has 0 aliphatic carbocycles. The second-order valence-electron chi connectivity index (χ2n) is 5.80. The van der Waals surface area contributed by atoms with Crippen LogP contribution in [0.25, 0.3) is 0 Å². The van der Waals surface area contributed by atoms with Gasteiger partial charge in [-0.1, -0.05) is 13.8 Å². The summed E-state index contributed by atoms with van der Waals surface area (Å²) in [6.07, 6.45) is 7.18. The lowest BCUT2D eigenvalue weighted by atomic mass is 9.98. The highest BCUT2D eigenvalue weighted by atomic mass is 15.2. The number of nitrogens with two attached hydrogens (primary N) is 1. The fourth-order valence-electron chi connectivity index (χ4n) is 2.90. The third-order valence-electron chi connectivity index (χ3n) is 4.31. The molecular weight excluding hydrogens is 198 g/mol. The molecule has 0 spiro atoms. The number of piperidine rings is 1. The third kappa shape index (κ3) is 2.46. The van der Waals surface area contributed by atoms with Crippen molar-refractivity contribution in [2.75, 3.05) is 7.05 Å². The lowest BCUT2D eigenvalue weighted by Crippen LogP contribution is -2.41. The van der Waals surface area contributed by atoms with Crippen LogP contribution in [-0.2, 0) is 0 Å². The van der Waals surface area contributed by atoms with Gasteiger partial charge in [0.1, 0.15) is 0 Å². The molecule has 3 nitrogen and oxygen atoms in total. The quantitative estimate of drug-likeness (QED) is 0.739. The lowest BCUT2D eigenvalue weighted by molar-refractivity contribution is 0.164. The van der Waals surface area contributed by atoms with Crippen LogP contribution in [0.5, 0.6) is 0 Å². The average molecular weight is 223 g/mol. The van der Waals surface area contributed by atoms with Crippen molar-refractivity contribution in [3.63, 3.8) is 0 Å². The van der Waals surface area contributed by atoms with Gasteiger partial charge in [0.15, 0.2) is 0 Å². The number of rotatable bonds is 3. The summed E-state index contributed by atoms with van der Waals surface area (Å²) < 4.78 is 0. The minimum Gasteiger partial charge on any atom is -0.323 e. The zero-order valence-electron chi connectivity index (χ0n) is 10.8. The maximum absolute atomic E-state index is 5.99. The maximum Gasteiger partial charge on any atom is 0.0526 e. The second kappa shape index (κ2) is 4.84. The second-order valence-corrected chi connectivity index (χ2v) is 5.80. The summed E-state index contributed by atoms with van der Waals surface area (Å²) in [4.78, 5) is 7.25. The molecule has 2 N–H and O–H groups in total. The van der Waals surface area contributed by atoms with Crippen molar-refractivity contribution in [2.45, 2.75) is 63.7 Å². The van der Waals surface area contributed by atoms with Gasteiger partial charge in [0.2, 0.25) is 0 Å². The molecule has 2 saturated heterocycles. The molecular formula is C13H25N3. The van der Waals surface area contributed by atoms with Crippen molar-refractivity contribution in [1.82, 2.24) is 4.90 Å². The van der Waals surface area contributed by atoms with E-state index < -0.39 is 0 Å². The highest BCUT2D eigenvalue weighted by Gasteiger charge is 2.38. The molecule has 3 unspecified atom stereocenters. The molecule has 0 radical (unpaired) electrons. The highest BCUT2D eigenvalue weighted by molar-refractivity contribution is 5.64. The van der Waals surface area contributed by atoms with Crippen LogP contribution in [0.2, 0.25) is 0 Å². The first-order valence-corrected chi connectivity index (χ1v) is 6.58. The van der Waals surface area contributed by atoms with E-state index in [0.29, 0.717) is 12.0 Å². The first-order chi connectivity index (χ1) is 7.58. The Bertz CT molecular complexity index is 248. The largest absolute Gasteiger partial charge is 0.323 e. The van der Waals surface area contributed by atoms with E-state index >= 15 is 0 Å². The van der Waals surface area contributed by atoms with E-state index in [2.05, 4.69) is 25.8 Å². The van der Waals surface area contributed by atoms with Crippen LogP contribution in [0, 0.1) is 5.92 Å². The normalized spacial score (nSPS) is 37.4. The van der Waals surface area contributed by atoms with E-state index in [1.54, 1.807) is 0 Å². The van der Waals surface area contributed by atoms with Gasteiger partial charge >= 0.3 is 0 Å². The average Bonchev–Trinajstić information content (AvgIpc) is 2.51. The van der Waals surface area contributed by atoms with Crippen molar-refractivity contribution < 1.29 is 0 Å². The number of fused-ring (bicyclic) bond motifs is 2. The molecule has 2 bridgehead atoms. The Labute approximate surface area is 99.1 Å². The summed E-state index contributed by atoms with van der Waals surface area (Å²) in [6, 6.07) is 2.20. The zero-order valence-corrected chi connectivity index (χ0v) is 10.8. The molecule has 2 fully saturated rings. The maximum atomic E-state index is 5.99. The van der Waals surface area contributed by atoms with Gasteiger partial charge in [0, 0.05) is 24.3 Å². The highest BCUT2D eigenvalue weighted by Crippen LogP contribution is 2.35. The van der Waals surface area contributed by atoms with E-state index in [-0.39, 0.29) is 6.04 Å². The summed E-state index contributed by atoms with van der Waals surface area (Å²) in [5.41, 5.74) is 5.99. The summed E-state index contributed by atoms with van der Waals surface area (Å²) in [5.74, 6) is 0.492. The molecule has 0 amide bonds. The summed E-state index contributed by atoms with van der Waals surface area (Å²) in [6.45, 7) is 4.30. The summed E-state index contributed by atoms with van der Waals surface area (Å²) >= 11 is 0. The smallest absolute Gasteiger partial charge is 0.0526 e. The van der Waals surface area contributed by atoms with Crippen molar-refractivity contribution in [3.8, 4) is 0 Å². The Hall–Kier alpha value is -0.410. The number of nitrogens with zero attached hydrogens (tertiary/aromatic N) is 2. The third-order valence-corrected chi connectivity index (χ3v) is 4.31. The van der Waals surface area contributed by atoms with Gasteiger partial charge in [-0.2, -0.15) is 0 Å². The Morgan fingerprint density at radius 1 is 1.25 bits per heavy atom. The standard InChI is InChI=1S/C13H25N3/c1-9(2)13(14)8-15-10-6-11-4-5-12(7-10)16(11)3/h8-13H,4-7,14H2,1-3H3. The topological polar surface area (TPSA) is 41.6 Å². The van der Waals surface area contributed by atoms with Gasteiger partial charge in [0.25, 0.3) is 0 Å². The molecule has 16 heavy (non-hydrogen) atoms. The molecule has 2 heterocycles. The van der Waals surface area contributed by atoms with E-state index in [0.717, 1.165) is 12.1 Å². The van der Waals surface area contributed by atoms with Crippen LogP contribution in [0.1, 0.15) is 39.5 Å². The first kappa shape index (κ1) is 12.1. The number of hydrogen-bond acceptors (Lipinski definition) is 3. The lowest BCUT2D eigenvalue weighted by Gasteiger charge is -2.34. The van der Waals surface area contributed by atoms with Crippen LogP contribution in [-0.4, -0.2) is 42.3 Å². The van der Waals surface area contributed by atoms with E-state index in [1.807, 2.05) is 6.21 Å². The Morgan fingerprint density at radius 3 is 2.31 bits per heavy atom. The minimum atomic E-state index is 0.123. The summed E-state index contributed by atoms with van der Waals surface area (Å²) in [7, 11) is 2.27. The van der Waals surface area contributed by atoms with Gasteiger partial charge in [-0.05, 0) is 38.6 Å². The predicted octanol–water partition coefficient (Wildman–Crippen LogP) is 1.67. The van der Waals surface area contributed by atoms with E-state index in [9.17, 15) is 0 Å². The van der Waals surface area contributed by atoms with Gasteiger partial charge < -0.3 is 10.6 Å². The molecule has 2 aliphatic rings. The van der Waals surface area contributed by atoms with Gasteiger partial charge in [-0.25, -0.2) is 0 Å². The fraction of sp³-hybridized carbons (Fsp3) is 0.923. The van der Waals surface area contributed by atoms with Crippen molar-refractivity contribution >= 4 is 6.21 Å². The zero-order chi connectivity index (χ0) is 11.7. The summed E-state index contributed by atoms with van der Waals surface area (Å²) in [5, 5.41) is 0. The molecule has 2 rings (SSSR count). The molecule has 0 aromatic heterocycles. The van der Waals surface area contributed by atoms with Crippen LogP contribution < -0.4 is 5.73 Å². The van der Waals surface area contributed by atoms with Crippen molar-refractivity contribution in [2.24, 2.45) is 16.6 Å². The first-order valence-electron chi connectivity index (χ1n) is 6.58. The van der Waals surface area contributed by atoms with Crippen LogP contribution in [0.3, 0.4) is 0 Å². The van der Waals surface area contributed by atoms with Gasteiger partial charge in [-0.15, -0.1) is 0 Å². The Morgan fingerprint density at radius 2 is 1.81 bits per heavy atom. The van der Waals surface area contributed by atoms with E-state index in [1.165, 1.54) is 25.7 Å². The molecule has 92 valence electrons. The van der Waals surface area contributed by atoms with Gasteiger partial charge in [-0.3, -0.25) is 4.99 Å². The number of aliphatic imine (C=N–C) groups is 1. The van der Waals surface area contributed by atoms with E-state index in [4.69, 9.17) is 10.7 Å². The predicted molar refractivity (Wildman–Crippen MR) is 68.9 cm³/mol. The Balaban J connectivity index is 1.89. The molecule has 0 saturated carbocycles. The van der Waals surface area contributed by atoms with Crippen molar-refractivity contribution in [1.29, 1.82) is 0 Å². The monoisotopic (exact) mass is 223 g/mol. The van der Waals surface area contributed by atoms with Crippen LogP contribution in [0.4, 0.5) is 0 Å². The molecule has 0 aromatic carbocycles. The van der Waals surface area contributed by atoms with Crippen LogP contribution >= 0.6 is 0 Å². The molecule has 0 aromatic rings. The SMILES string of the molecule is CC(C)C(N)C=NC1CC2CCC(C1)N2C. The Kier molecular flexibility index (Phi) is 3.65. The number of hydrogen-bond donors (Lipinski definition) is 1. The molecule has 3 atom stereocenters. The van der Waals surface area contributed by atoms with Crippen molar-refractivity contribution in [3.05, 3.63) is 0 Å².